The van der Waals surface area contributed by atoms with Crippen molar-refractivity contribution in [2.45, 2.75) is 12.5 Å². The van der Waals surface area contributed by atoms with Crippen molar-refractivity contribution in [1.82, 2.24) is 5.32 Å². The second-order valence-electron chi connectivity index (χ2n) is 2.26. The molecule has 13 heavy (non-hydrogen) atoms. The lowest BCUT2D eigenvalue weighted by molar-refractivity contribution is -0.138. The minimum absolute atomic E-state index is 0.331. The van der Waals surface area contributed by atoms with Gasteiger partial charge >= 0.3 is 11.9 Å². The third-order valence-electron chi connectivity index (χ3n) is 1.36. The molecule has 0 rings (SSSR count). The van der Waals surface area contributed by atoms with Gasteiger partial charge < -0.3 is 15.5 Å². The average Bonchev–Trinajstić information content (AvgIpc) is 2.02. The maximum Gasteiger partial charge on any atom is 0.325 e. The van der Waals surface area contributed by atoms with Gasteiger partial charge in [0.05, 0.1) is 12.0 Å². The standard InChI is InChI=1S/C7H9NO5/c1-8-6(7(12)13)4(3-9)2-5(10)11/h6,8H,2H2,1H3,(H,10,11)(H,12,13). The van der Waals surface area contributed by atoms with E-state index in [1.165, 1.54) is 13.0 Å². The van der Waals surface area contributed by atoms with E-state index in [0.29, 0.717) is 0 Å². The molecular formula is C7H9NO5. The zero-order valence-electron chi connectivity index (χ0n) is 6.90. The Morgan fingerprint density at radius 1 is 1.46 bits per heavy atom. The molecule has 1 unspecified atom stereocenters. The summed E-state index contributed by atoms with van der Waals surface area (Å²) in [5, 5.41) is 19.1. The van der Waals surface area contributed by atoms with Gasteiger partial charge in [-0.1, -0.05) is 0 Å². The lowest BCUT2D eigenvalue weighted by Crippen LogP contribution is -2.36. The van der Waals surface area contributed by atoms with Crippen molar-refractivity contribution in [1.29, 1.82) is 0 Å². The number of likely N-dealkylation sites (N-methyl/N-ethyl adjacent to an activating group) is 1. The Balaban J connectivity index is 4.65. The molecule has 0 saturated heterocycles. The van der Waals surface area contributed by atoms with Gasteiger partial charge in [-0.05, 0) is 7.05 Å². The van der Waals surface area contributed by atoms with Crippen LogP contribution >= 0.6 is 0 Å². The van der Waals surface area contributed by atoms with Gasteiger partial charge in [0.2, 0.25) is 0 Å². The van der Waals surface area contributed by atoms with Crippen LogP contribution in [0.4, 0.5) is 0 Å². The molecule has 0 aliphatic rings. The van der Waals surface area contributed by atoms with Crippen LogP contribution in [0.1, 0.15) is 6.42 Å². The quantitative estimate of drug-likeness (QED) is 0.471. The molecule has 0 amide bonds. The van der Waals surface area contributed by atoms with Gasteiger partial charge in [-0.15, -0.1) is 0 Å². The zero-order valence-corrected chi connectivity index (χ0v) is 6.90. The number of nitrogens with one attached hydrogen (secondary N) is 1. The molecule has 0 fully saturated rings. The van der Waals surface area contributed by atoms with Crippen molar-refractivity contribution < 1.29 is 24.6 Å². The van der Waals surface area contributed by atoms with Crippen molar-refractivity contribution in [3.63, 3.8) is 0 Å². The molecule has 0 aromatic heterocycles. The predicted octanol–water partition coefficient (Wildman–Crippen LogP) is -1.11. The van der Waals surface area contributed by atoms with Gasteiger partial charge in [-0.2, -0.15) is 0 Å². The monoisotopic (exact) mass is 187 g/mol. The summed E-state index contributed by atoms with van der Waals surface area (Å²) in [5.74, 6) is -1.26. The fraction of sp³-hybridized carbons (Fsp3) is 0.429. The van der Waals surface area contributed by atoms with Crippen LogP contribution in [0.5, 0.6) is 0 Å². The summed E-state index contributed by atoms with van der Waals surface area (Å²) < 4.78 is 0. The third kappa shape index (κ3) is 3.50. The Hall–Kier alpha value is -1.65. The van der Waals surface area contributed by atoms with E-state index in [-0.39, 0.29) is 5.57 Å². The molecule has 0 aromatic carbocycles. The number of carboxylic acids is 2. The van der Waals surface area contributed by atoms with Crippen molar-refractivity contribution in [3.8, 4) is 0 Å². The van der Waals surface area contributed by atoms with Crippen LogP contribution in [0, 0.1) is 0 Å². The Kier molecular flexibility index (Phi) is 4.43. The molecule has 0 saturated carbocycles. The minimum atomic E-state index is -1.30. The van der Waals surface area contributed by atoms with E-state index in [0.717, 1.165) is 0 Å². The Labute approximate surface area is 73.9 Å². The Morgan fingerprint density at radius 3 is 2.23 bits per heavy atom. The lowest BCUT2D eigenvalue weighted by Gasteiger charge is -2.09. The molecule has 0 radical (unpaired) electrons. The molecule has 1 atom stereocenters. The SMILES string of the molecule is CNC(C(=O)O)C(=C=O)CC(=O)O. The summed E-state index contributed by atoms with van der Waals surface area (Å²) in [6, 6.07) is -1.28. The van der Waals surface area contributed by atoms with Crippen molar-refractivity contribution >= 4 is 17.9 Å². The molecular weight excluding hydrogens is 178 g/mol. The molecule has 6 nitrogen and oxygen atoms in total. The molecule has 0 spiro atoms. The topological polar surface area (TPSA) is 104 Å². The second-order valence-corrected chi connectivity index (χ2v) is 2.26. The number of hydrogen-bond donors (Lipinski definition) is 3. The van der Waals surface area contributed by atoms with Crippen LogP contribution in [0.25, 0.3) is 0 Å². The minimum Gasteiger partial charge on any atom is -0.481 e. The fourth-order valence-electron chi connectivity index (χ4n) is 0.807. The van der Waals surface area contributed by atoms with Crippen LogP contribution in [0.2, 0.25) is 0 Å². The van der Waals surface area contributed by atoms with E-state index in [4.69, 9.17) is 10.2 Å². The van der Waals surface area contributed by atoms with Crippen LogP contribution < -0.4 is 5.32 Å². The van der Waals surface area contributed by atoms with E-state index in [1.807, 2.05) is 0 Å². The average molecular weight is 187 g/mol. The normalized spacial score (nSPS) is 11.5. The number of aliphatic carboxylic acids is 2. The highest BCUT2D eigenvalue weighted by Crippen LogP contribution is 2.03. The maximum absolute atomic E-state index is 10.5. The van der Waals surface area contributed by atoms with E-state index < -0.39 is 24.4 Å². The summed E-state index contributed by atoms with van der Waals surface area (Å²) in [7, 11) is 1.32. The highest BCUT2D eigenvalue weighted by Gasteiger charge is 2.23. The summed E-state index contributed by atoms with van der Waals surface area (Å²) >= 11 is 0. The molecule has 3 N–H and O–H groups in total. The maximum atomic E-state index is 10.5. The van der Waals surface area contributed by atoms with E-state index in [2.05, 4.69) is 5.32 Å². The second kappa shape index (κ2) is 5.08. The molecule has 0 aromatic rings. The summed E-state index contributed by atoms with van der Waals surface area (Å²) in [6.07, 6.45) is -0.624. The fourth-order valence-corrected chi connectivity index (χ4v) is 0.807. The first-order valence-corrected chi connectivity index (χ1v) is 3.38. The number of carbonyl (C=O) groups is 2. The number of carbonyl (C=O) groups excluding carboxylic acids is 1. The van der Waals surface area contributed by atoms with Crippen molar-refractivity contribution in [3.05, 3.63) is 5.57 Å². The van der Waals surface area contributed by atoms with Crippen molar-refractivity contribution in [2.75, 3.05) is 7.05 Å². The van der Waals surface area contributed by atoms with E-state index in [1.54, 1.807) is 0 Å². The first-order chi connectivity index (χ1) is 6.02. The molecule has 0 aliphatic carbocycles. The molecule has 72 valence electrons. The third-order valence-corrected chi connectivity index (χ3v) is 1.36. The molecule has 0 aliphatic heterocycles. The van der Waals surface area contributed by atoms with E-state index >= 15 is 0 Å². The highest BCUT2D eigenvalue weighted by atomic mass is 16.4. The summed E-state index contributed by atoms with van der Waals surface area (Å²) in [6.45, 7) is 0. The van der Waals surface area contributed by atoms with E-state index in [9.17, 15) is 14.4 Å². The van der Waals surface area contributed by atoms with Crippen LogP contribution in [-0.4, -0.2) is 41.2 Å². The van der Waals surface area contributed by atoms with Gasteiger partial charge in [0.15, 0.2) is 0 Å². The molecule has 0 bridgehead atoms. The number of rotatable bonds is 5. The van der Waals surface area contributed by atoms with Gasteiger partial charge in [-0.25, -0.2) is 4.79 Å². The Morgan fingerprint density at radius 2 is 2.00 bits per heavy atom. The first-order valence-electron chi connectivity index (χ1n) is 3.38. The largest absolute Gasteiger partial charge is 0.481 e. The van der Waals surface area contributed by atoms with Gasteiger partial charge in [0.25, 0.3) is 0 Å². The van der Waals surface area contributed by atoms with Crippen molar-refractivity contribution in [2.24, 2.45) is 0 Å². The zero-order chi connectivity index (χ0) is 10.4. The predicted molar refractivity (Wildman–Crippen MR) is 41.9 cm³/mol. The molecule has 6 heteroatoms. The molecule has 0 heterocycles. The van der Waals surface area contributed by atoms with Crippen LogP contribution in [0.15, 0.2) is 5.57 Å². The first kappa shape index (κ1) is 11.4. The summed E-state index contributed by atoms with van der Waals surface area (Å²) in [4.78, 5) is 30.9. The van der Waals surface area contributed by atoms with Gasteiger partial charge in [0, 0.05) is 0 Å². The van der Waals surface area contributed by atoms with Gasteiger partial charge in [0.1, 0.15) is 12.0 Å². The smallest absolute Gasteiger partial charge is 0.325 e. The number of hydrogen-bond acceptors (Lipinski definition) is 4. The lowest BCUT2D eigenvalue weighted by atomic mass is 10.1. The Bertz CT molecular complexity index is 266. The summed E-state index contributed by atoms with van der Waals surface area (Å²) in [5.41, 5.74) is -0.331. The van der Waals surface area contributed by atoms with Crippen LogP contribution in [0.3, 0.4) is 0 Å². The highest BCUT2D eigenvalue weighted by molar-refractivity contribution is 5.85. The van der Waals surface area contributed by atoms with Crippen LogP contribution in [-0.2, 0) is 14.4 Å². The van der Waals surface area contributed by atoms with Gasteiger partial charge in [-0.3, -0.25) is 9.59 Å². The number of carboxylic acid groups (broad SMARTS) is 2.